The number of nitrogens with zero attached hydrogens (tertiary/aromatic N) is 3. The van der Waals surface area contributed by atoms with Gasteiger partial charge in [-0.1, -0.05) is 48.5 Å². The molecular weight excluding hydrogens is 1030 g/mol. The van der Waals surface area contributed by atoms with Crippen LogP contribution in [0.25, 0.3) is 10.9 Å². The molecule has 0 bridgehead atoms. The Balaban J connectivity index is 1.37. The van der Waals surface area contributed by atoms with E-state index in [2.05, 4.69) is 72.8 Å². The highest BCUT2D eigenvalue weighted by molar-refractivity contribution is 5.98. The van der Waals surface area contributed by atoms with Gasteiger partial charge >= 0.3 is 0 Å². The van der Waals surface area contributed by atoms with Gasteiger partial charge in [-0.15, -0.1) is 0 Å². The second-order valence-corrected chi connectivity index (χ2v) is 20.0. The fraction of sp³-hybridized carbons (Fsp3) is 0.491. The van der Waals surface area contributed by atoms with Gasteiger partial charge in [0.15, 0.2) is 11.9 Å². The summed E-state index contributed by atoms with van der Waals surface area (Å²) in [7, 11) is 0. The third kappa shape index (κ3) is 20.0. The molecule has 8 atom stereocenters. The minimum absolute atomic E-state index is 0.0363. The molecule has 432 valence electrons. The Labute approximate surface area is 462 Å². The molecule has 0 spiro atoms. The lowest BCUT2D eigenvalue weighted by atomic mass is 10.0. The molecule has 2 aromatic carbocycles. The van der Waals surface area contributed by atoms with Crippen LogP contribution in [0, 0.1) is 0 Å². The maximum absolute atomic E-state index is 14.8. The molecule has 1 saturated carbocycles. The van der Waals surface area contributed by atoms with Crippen LogP contribution in [0.1, 0.15) is 88.0 Å². The number of amides is 8. The lowest BCUT2D eigenvalue weighted by Gasteiger charge is -2.28. The third-order valence-electron chi connectivity index (χ3n) is 13.4. The van der Waals surface area contributed by atoms with E-state index in [0.717, 1.165) is 23.7 Å². The van der Waals surface area contributed by atoms with Gasteiger partial charge in [-0.2, -0.15) is 0 Å². The van der Waals surface area contributed by atoms with Gasteiger partial charge in [-0.05, 0) is 81.9 Å². The van der Waals surface area contributed by atoms with Gasteiger partial charge in [0.2, 0.25) is 47.3 Å². The summed E-state index contributed by atoms with van der Waals surface area (Å²) in [5, 5.41) is 36.3. The Morgan fingerprint density at radius 3 is 2.01 bits per heavy atom. The van der Waals surface area contributed by atoms with Crippen LogP contribution >= 0.6 is 0 Å². The van der Waals surface area contributed by atoms with Crippen molar-refractivity contribution in [3.63, 3.8) is 0 Å². The highest BCUT2D eigenvalue weighted by atomic mass is 16.3. The van der Waals surface area contributed by atoms with Gasteiger partial charge in [0, 0.05) is 80.3 Å². The summed E-state index contributed by atoms with van der Waals surface area (Å²) in [6, 6.07) is 6.93. The average molecular weight is 1110 g/mol. The number of carbonyl (C=O) groups excluding carboxylic acids is 8. The van der Waals surface area contributed by atoms with Crippen molar-refractivity contribution in [3.05, 3.63) is 90.1 Å². The molecule has 80 heavy (non-hydrogen) atoms. The van der Waals surface area contributed by atoms with Crippen LogP contribution in [0.2, 0.25) is 0 Å². The number of hydrogen-bond acceptors (Lipinski definition) is 13. The molecule has 1 saturated heterocycles. The van der Waals surface area contributed by atoms with Crippen molar-refractivity contribution in [2.75, 3.05) is 19.6 Å². The molecular formula is C53H76N18O9. The molecule has 0 radical (unpaired) electrons. The molecule has 27 heteroatoms. The number of rotatable bonds is 20. The van der Waals surface area contributed by atoms with Gasteiger partial charge in [-0.3, -0.25) is 53.7 Å². The molecule has 1 unspecified atom stereocenters. The number of aliphatic hydroxyl groups is 1. The fourth-order valence-electron chi connectivity index (χ4n) is 9.07. The monoisotopic (exact) mass is 1110 g/mol. The lowest BCUT2D eigenvalue weighted by molar-refractivity contribution is -0.135. The zero-order chi connectivity index (χ0) is 57.6. The Kier molecular flexibility index (Phi) is 23.1. The third-order valence-corrected chi connectivity index (χ3v) is 13.4. The van der Waals surface area contributed by atoms with Crippen molar-refractivity contribution in [2.45, 2.75) is 145 Å². The molecule has 2 aromatic heterocycles. The van der Waals surface area contributed by atoms with Gasteiger partial charge in [0.25, 0.3) is 0 Å². The maximum atomic E-state index is 14.8. The molecule has 8 amide bonds. The number of carbonyl (C=O) groups is 8. The van der Waals surface area contributed by atoms with E-state index in [1.54, 1.807) is 36.5 Å². The van der Waals surface area contributed by atoms with Crippen molar-refractivity contribution in [1.29, 1.82) is 0 Å². The lowest BCUT2D eigenvalue weighted by Crippen LogP contribution is -2.61. The van der Waals surface area contributed by atoms with Crippen molar-refractivity contribution in [3.8, 4) is 0 Å². The summed E-state index contributed by atoms with van der Waals surface area (Å²) < 4.78 is 0. The fourth-order valence-corrected chi connectivity index (χ4v) is 9.07. The first kappa shape index (κ1) is 60.6. The number of fused-ring (bicyclic) bond motifs is 1. The van der Waals surface area contributed by atoms with E-state index < -0.39 is 95.8 Å². The Morgan fingerprint density at radius 1 is 0.713 bits per heavy atom. The largest absolute Gasteiger partial charge is 0.379 e. The minimum Gasteiger partial charge on any atom is -0.379 e. The van der Waals surface area contributed by atoms with Crippen molar-refractivity contribution < 1.29 is 43.5 Å². The van der Waals surface area contributed by atoms with Crippen LogP contribution in [0.5, 0.6) is 0 Å². The van der Waals surface area contributed by atoms with E-state index in [0.29, 0.717) is 23.2 Å². The highest BCUT2D eigenvalue weighted by Crippen LogP contribution is 2.21. The molecule has 2 fully saturated rings. The summed E-state index contributed by atoms with van der Waals surface area (Å²) in [5.74, 6) is -6.05. The van der Waals surface area contributed by atoms with Crippen molar-refractivity contribution in [1.82, 2.24) is 62.8 Å². The number of aliphatic imine (C=N–C) groups is 2. The maximum Gasteiger partial charge on any atom is 0.243 e. The van der Waals surface area contributed by atoms with Crippen LogP contribution in [0.4, 0.5) is 0 Å². The first-order valence-electron chi connectivity index (χ1n) is 26.9. The number of nitrogens with two attached hydrogens (primary N) is 4. The number of aromatic nitrogens is 3. The normalized spacial score (nSPS) is 21.9. The number of imidazole rings is 1. The van der Waals surface area contributed by atoms with Gasteiger partial charge < -0.3 is 80.5 Å². The van der Waals surface area contributed by atoms with E-state index in [1.165, 1.54) is 19.4 Å². The second kappa shape index (κ2) is 30.5. The number of hydrogen-bond donors (Lipinski definition) is 16. The second-order valence-electron chi connectivity index (χ2n) is 20.0. The van der Waals surface area contributed by atoms with E-state index in [9.17, 15) is 43.5 Å². The summed E-state index contributed by atoms with van der Waals surface area (Å²) in [6.45, 7) is 1.67. The average Bonchev–Trinajstić information content (AvgIpc) is 3.92. The standard InChI is InChI=1S/C53H76N18O9/c1-30(72)64-37(14-8-22-60-52(54)55)46(75)68-40-19-20-44(73)59-21-7-15-38(45(74)65-33-17-18-33)66-50(79)42(25-32-27-62-36-13-6-5-12-35(32)36)70-47(76)39(16-9-23-61-53(56)57)67-49(78)41(24-31-10-3-2-4-11-31)69-51(80)43(71-48(40)77)26-34-28-58-29-63-34/h2-6,10-13,27-30,33,37-43,62,64,72H,7-9,14-26H2,1H3,(H,58,63)(H,59,73)(H,65,74)(H,66,79)(H,67,78)(H,68,75)(H,69,80)(H,70,76)(H,71,77)(H4,54,55,60)(H4,56,57,61)/t30?,37-,38-,39-,40-,41+,42-,43-/m0/s1. The number of aromatic amines is 2. The predicted octanol–water partition coefficient (Wildman–Crippen LogP) is -2.80. The van der Waals surface area contributed by atoms with E-state index >= 15 is 0 Å². The van der Waals surface area contributed by atoms with Gasteiger partial charge in [0.1, 0.15) is 42.5 Å². The number of aliphatic hydroxyl groups excluding tert-OH is 1. The predicted molar refractivity (Wildman–Crippen MR) is 297 cm³/mol. The zero-order valence-electron chi connectivity index (χ0n) is 44.8. The van der Waals surface area contributed by atoms with Crippen LogP contribution < -0.4 is 70.8 Å². The SMILES string of the molecule is CC(O)N[C@@H](CCCN=C(N)N)C(=O)N[C@H]1CCC(=O)NCCC[C@@H](C(=O)NC2CC2)NC(=O)[C@H](Cc2c[nH]c3ccccc23)NC(=O)[C@H](CCCN=C(N)N)NC(=O)[C@@H](Cc2ccccc2)NC(=O)[C@H](Cc2cnc[nH]2)NC1=O. The number of guanidine groups is 2. The van der Waals surface area contributed by atoms with Crippen molar-refractivity contribution in [2.24, 2.45) is 32.9 Å². The molecule has 6 rings (SSSR count). The zero-order valence-corrected chi connectivity index (χ0v) is 44.8. The Hall–Kier alpha value is -8.59. The van der Waals surface area contributed by atoms with Crippen LogP contribution in [-0.2, 0) is 57.6 Å². The molecule has 20 N–H and O–H groups in total. The van der Waals surface area contributed by atoms with E-state index in [-0.39, 0.29) is 102 Å². The summed E-state index contributed by atoms with van der Waals surface area (Å²) in [4.78, 5) is 133. The number of para-hydroxylation sites is 1. The topological polar surface area (TPSA) is 438 Å². The number of nitrogens with one attached hydrogen (secondary N) is 11. The Bertz CT molecular complexity index is 2780. The molecule has 27 nitrogen and oxygen atoms in total. The summed E-state index contributed by atoms with van der Waals surface area (Å²) in [5.41, 5.74) is 24.7. The van der Waals surface area contributed by atoms with Crippen LogP contribution in [0.15, 0.2) is 83.3 Å². The first-order chi connectivity index (χ1) is 38.4. The summed E-state index contributed by atoms with van der Waals surface area (Å²) >= 11 is 0. The molecule has 1 aliphatic heterocycles. The van der Waals surface area contributed by atoms with Gasteiger partial charge in [-0.25, -0.2) is 4.98 Å². The highest BCUT2D eigenvalue weighted by Gasteiger charge is 2.36. The number of benzene rings is 2. The van der Waals surface area contributed by atoms with Crippen LogP contribution in [0.3, 0.4) is 0 Å². The smallest absolute Gasteiger partial charge is 0.243 e. The molecule has 2 aliphatic rings. The van der Waals surface area contributed by atoms with Gasteiger partial charge in [0.05, 0.1) is 12.4 Å². The quantitative estimate of drug-likeness (QED) is 0.0184. The molecule has 4 aromatic rings. The first-order valence-corrected chi connectivity index (χ1v) is 26.9. The Morgan fingerprint density at radius 2 is 1.34 bits per heavy atom. The minimum atomic E-state index is -1.45. The van der Waals surface area contributed by atoms with E-state index in [4.69, 9.17) is 22.9 Å². The number of H-pyrrole nitrogens is 2. The summed E-state index contributed by atoms with van der Waals surface area (Å²) in [6.07, 6.45) is 4.77. The van der Waals surface area contributed by atoms with Crippen molar-refractivity contribution >= 4 is 70.1 Å². The van der Waals surface area contributed by atoms with Crippen LogP contribution in [-0.4, -0.2) is 153 Å². The molecule has 3 heterocycles. The van der Waals surface area contributed by atoms with E-state index in [1.807, 2.05) is 24.3 Å². The molecule has 1 aliphatic carbocycles.